The molecule has 0 aromatic heterocycles. The van der Waals surface area contributed by atoms with Crippen LogP contribution in [0.3, 0.4) is 0 Å². The van der Waals surface area contributed by atoms with Crippen LogP contribution < -0.4 is 10.2 Å². The molecule has 1 aromatic rings. The SMILES string of the molecule is CC[C@H](Oc1cccc(Cl)c1)C(=O)NN1CCN(C)CC1. The van der Waals surface area contributed by atoms with E-state index in [0.717, 1.165) is 26.2 Å². The molecule has 0 spiro atoms. The van der Waals surface area contributed by atoms with Crippen molar-refractivity contribution in [3.05, 3.63) is 29.3 Å². The average molecular weight is 312 g/mol. The van der Waals surface area contributed by atoms with Gasteiger partial charge in [-0.2, -0.15) is 0 Å². The highest BCUT2D eigenvalue weighted by atomic mass is 35.5. The molecule has 0 saturated carbocycles. The highest BCUT2D eigenvalue weighted by Crippen LogP contribution is 2.19. The lowest BCUT2D eigenvalue weighted by Gasteiger charge is -2.33. The van der Waals surface area contributed by atoms with Gasteiger partial charge in [0, 0.05) is 31.2 Å². The quantitative estimate of drug-likeness (QED) is 0.900. The molecule has 0 radical (unpaired) electrons. The van der Waals surface area contributed by atoms with E-state index in [1.807, 2.05) is 18.0 Å². The molecule has 6 heteroatoms. The van der Waals surface area contributed by atoms with Crippen LogP contribution in [0.5, 0.6) is 5.75 Å². The second kappa shape index (κ2) is 7.64. The molecular weight excluding hydrogens is 290 g/mol. The number of halogens is 1. The molecular formula is C15H22ClN3O2. The predicted octanol–water partition coefficient (Wildman–Crippen LogP) is 1.78. The number of hydrogen-bond donors (Lipinski definition) is 1. The lowest BCUT2D eigenvalue weighted by Crippen LogP contribution is -2.55. The van der Waals surface area contributed by atoms with Gasteiger partial charge >= 0.3 is 0 Å². The third-order valence-electron chi connectivity index (χ3n) is 3.51. The zero-order valence-electron chi connectivity index (χ0n) is 12.5. The van der Waals surface area contributed by atoms with Gasteiger partial charge in [0.1, 0.15) is 5.75 Å². The second-order valence-electron chi connectivity index (χ2n) is 5.24. The van der Waals surface area contributed by atoms with E-state index in [2.05, 4.69) is 17.4 Å². The van der Waals surface area contributed by atoms with Gasteiger partial charge in [0.2, 0.25) is 0 Å². The molecule has 0 aliphatic carbocycles. The topological polar surface area (TPSA) is 44.8 Å². The summed E-state index contributed by atoms with van der Waals surface area (Å²) in [5.74, 6) is 0.505. The third-order valence-corrected chi connectivity index (χ3v) is 3.74. The summed E-state index contributed by atoms with van der Waals surface area (Å²) in [6.45, 7) is 5.49. The number of carbonyl (C=O) groups excluding carboxylic acids is 1. The number of likely N-dealkylation sites (N-methyl/N-ethyl adjacent to an activating group) is 1. The lowest BCUT2D eigenvalue weighted by molar-refractivity contribution is -0.134. The van der Waals surface area contributed by atoms with Crippen molar-refractivity contribution < 1.29 is 9.53 Å². The number of hydrogen-bond acceptors (Lipinski definition) is 4. The van der Waals surface area contributed by atoms with Crippen LogP contribution in [0.1, 0.15) is 13.3 Å². The van der Waals surface area contributed by atoms with Gasteiger partial charge in [-0.25, -0.2) is 5.01 Å². The first-order chi connectivity index (χ1) is 10.1. The Morgan fingerprint density at radius 3 is 2.71 bits per heavy atom. The molecule has 0 bridgehead atoms. The number of piperazine rings is 1. The fourth-order valence-electron chi connectivity index (χ4n) is 2.17. The van der Waals surface area contributed by atoms with Crippen molar-refractivity contribution in [2.24, 2.45) is 0 Å². The van der Waals surface area contributed by atoms with E-state index in [9.17, 15) is 4.79 Å². The Bertz CT molecular complexity index is 476. The number of amides is 1. The number of hydrazine groups is 1. The largest absolute Gasteiger partial charge is 0.481 e. The van der Waals surface area contributed by atoms with Gasteiger partial charge in [-0.1, -0.05) is 24.6 Å². The van der Waals surface area contributed by atoms with E-state index in [1.54, 1.807) is 18.2 Å². The van der Waals surface area contributed by atoms with Crippen LogP contribution in [0, 0.1) is 0 Å². The first kappa shape index (κ1) is 16.1. The Balaban J connectivity index is 1.89. The third kappa shape index (κ3) is 4.88. The molecule has 1 amide bonds. The zero-order chi connectivity index (χ0) is 15.2. The molecule has 1 atom stereocenters. The number of benzene rings is 1. The van der Waals surface area contributed by atoms with E-state index in [-0.39, 0.29) is 5.91 Å². The summed E-state index contributed by atoms with van der Waals surface area (Å²) >= 11 is 5.93. The van der Waals surface area contributed by atoms with Gasteiger partial charge in [-0.15, -0.1) is 0 Å². The van der Waals surface area contributed by atoms with Gasteiger partial charge in [0.15, 0.2) is 6.10 Å². The minimum Gasteiger partial charge on any atom is -0.481 e. The summed E-state index contributed by atoms with van der Waals surface area (Å²) < 4.78 is 5.74. The summed E-state index contributed by atoms with van der Waals surface area (Å²) in [6.07, 6.45) is 0.0923. The zero-order valence-corrected chi connectivity index (χ0v) is 13.3. The molecule has 2 rings (SSSR count). The van der Waals surface area contributed by atoms with Gasteiger partial charge in [0.05, 0.1) is 0 Å². The maximum atomic E-state index is 12.3. The van der Waals surface area contributed by atoms with Crippen molar-refractivity contribution in [2.75, 3.05) is 33.2 Å². The van der Waals surface area contributed by atoms with Crippen molar-refractivity contribution in [1.29, 1.82) is 0 Å². The van der Waals surface area contributed by atoms with Crippen LogP contribution in [0.15, 0.2) is 24.3 Å². The molecule has 0 unspecified atom stereocenters. The van der Waals surface area contributed by atoms with Crippen molar-refractivity contribution in [3.63, 3.8) is 0 Å². The number of rotatable bonds is 5. The predicted molar refractivity (Wildman–Crippen MR) is 83.4 cm³/mol. The van der Waals surface area contributed by atoms with Crippen LogP contribution in [0.4, 0.5) is 0 Å². The van der Waals surface area contributed by atoms with Crippen LogP contribution in [-0.4, -0.2) is 55.1 Å². The number of carbonyl (C=O) groups is 1. The summed E-state index contributed by atoms with van der Waals surface area (Å²) in [5, 5.41) is 2.55. The molecule has 1 heterocycles. The van der Waals surface area contributed by atoms with E-state index in [4.69, 9.17) is 16.3 Å². The Hall–Kier alpha value is -1.30. The van der Waals surface area contributed by atoms with Crippen LogP contribution in [0.25, 0.3) is 0 Å². The van der Waals surface area contributed by atoms with E-state index < -0.39 is 6.10 Å². The first-order valence-electron chi connectivity index (χ1n) is 7.24. The van der Waals surface area contributed by atoms with E-state index in [1.165, 1.54) is 0 Å². The molecule has 1 fully saturated rings. The van der Waals surface area contributed by atoms with Gasteiger partial charge < -0.3 is 9.64 Å². The minimum absolute atomic E-state index is 0.109. The Morgan fingerprint density at radius 1 is 1.38 bits per heavy atom. The summed E-state index contributed by atoms with van der Waals surface area (Å²) in [6, 6.07) is 7.10. The Kier molecular flexibility index (Phi) is 5.85. The molecule has 1 aromatic carbocycles. The normalized spacial score (nSPS) is 18.2. The number of nitrogens with one attached hydrogen (secondary N) is 1. The summed E-state index contributed by atoms with van der Waals surface area (Å²) in [4.78, 5) is 14.5. The van der Waals surface area contributed by atoms with Gasteiger partial charge in [0.25, 0.3) is 5.91 Å². The Labute approximate surface area is 130 Å². The molecule has 1 aliphatic rings. The molecule has 1 N–H and O–H groups in total. The molecule has 5 nitrogen and oxygen atoms in total. The molecule has 1 aliphatic heterocycles. The monoisotopic (exact) mass is 311 g/mol. The van der Waals surface area contributed by atoms with Crippen molar-refractivity contribution in [2.45, 2.75) is 19.4 Å². The Morgan fingerprint density at radius 2 is 2.10 bits per heavy atom. The highest BCUT2D eigenvalue weighted by molar-refractivity contribution is 6.30. The minimum atomic E-state index is -0.511. The fraction of sp³-hybridized carbons (Fsp3) is 0.533. The smallest absolute Gasteiger partial charge is 0.275 e. The molecule has 1 saturated heterocycles. The number of nitrogens with zero attached hydrogens (tertiary/aromatic N) is 2. The van der Waals surface area contributed by atoms with Crippen molar-refractivity contribution in [3.8, 4) is 5.75 Å². The first-order valence-corrected chi connectivity index (χ1v) is 7.62. The van der Waals surface area contributed by atoms with Crippen molar-refractivity contribution >= 4 is 17.5 Å². The standard InChI is InChI=1S/C15H22ClN3O2/c1-3-14(21-13-6-4-5-12(16)11-13)15(20)17-19-9-7-18(2)8-10-19/h4-6,11,14H,3,7-10H2,1-2H3,(H,17,20)/t14-/m0/s1. The highest BCUT2D eigenvalue weighted by Gasteiger charge is 2.22. The van der Waals surface area contributed by atoms with E-state index >= 15 is 0 Å². The summed E-state index contributed by atoms with van der Waals surface area (Å²) in [7, 11) is 2.08. The van der Waals surface area contributed by atoms with Crippen LogP contribution >= 0.6 is 11.6 Å². The van der Waals surface area contributed by atoms with E-state index in [0.29, 0.717) is 17.2 Å². The molecule has 116 valence electrons. The fourth-order valence-corrected chi connectivity index (χ4v) is 2.35. The maximum absolute atomic E-state index is 12.3. The lowest BCUT2D eigenvalue weighted by atomic mass is 10.2. The molecule has 21 heavy (non-hydrogen) atoms. The van der Waals surface area contributed by atoms with Gasteiger partial charge in [-0.05, 0) is 31.7 Å². The van der Waals surface area contributed by atoms with Crippen LogP contribution in [0.2, 0.25) is 5.02 Å². The maximum Gasteiger partial charge on any atom is 0.275 e. The van der Waals surface area contributed by atoms with Crippen molar-refractivity contribution in [1.82, 2.24) is 15.3 Å². The van der Waals surface area contributed by atoms with Gasteiger partial charge in [-0.3, -0.25) is 10.2 Å². The average Bonchev–Trinajstić information content (AvgIpc) is 2.47. The number of ether oxygens (including phenoxy) is 1. The second-order valence-corrected chi connectivity index (χ2v) is 5.67. The summed E-state index contributed by atoms with van der Waals surface area (Å²) in [5.41, 5.74) is 2.94. The van der Waals surface area contributed by atoms with Crippen LogP contribution in [-0.2, 0) is 4.79 Å².